The maximum absolute atomic E-state index is 10.6. The second-order valence-corrected chi connectivity index (χ2v) is 4.97. The molecule has 5 heteroatoms. The summed E-state index contributed by atoms with van der Waals surface area (Å²) in [5.74, 6) is -0.696. The molecule has 0 radical (unpaired) electrons. The highest BCUT2D eigenvalue weighted by Gasteiger charge is 2.24. The van der Waals surface area contributed by atoms with Crippen LogP contribution in [-0.2, 0) is 11.2 Å². The maximum atomic E-state index is 10.6. The van der Waals surface area contributed by atoms with Crippen LogP contribution in [-0.4, -0.2) is 26.4 Å². The number of carboxylic acids is 1. The van der Waals surface area contributed by atoms with Gasteiger partial charge in [-0.15, -0.1) is 0 Å². The molecule has 1 aliphatic rings. The molecule has 0 bridgehead atoms. The van der Waals surface area contributed by atoms with Gasteiger partial charge in [-0.3, -0.25) is 4.79 Å². The van der Waals surface area contributed by atoms with Gasteiger partial charge in [0.2, 0.25) is 0 Å². The van der Waals surface area contributed by atoms with E-state index in [0.29, 0.717) is 6.04 Å². The van der Waals surface area contributed by atoms with Gasteiger partial charge in [0, 0.05) is 17.9 Å². The molecule has 1 aromatic heterocycles. The zero-order valence-electron chi connectivity index (χ0n) is 9.35. The zero-order chi connectivity index (χ0) is 11.5. The first kappa shape index (κ1) is 11.5. The van der Waals surface area contributed by atoms with Crippen LogP contribution in [0.4, 0.5) is 0 Å². The molecule has 0 aliphatic heterocycles. The lowest BCUT2D eigenvalue weighted by atomic mass is 9.93. The number of hydrogen-bond acceptors (Lipinski definition) is 3. The Labute approximate surface area is 99.1 Å². The Balaban J connectivity index is 2.16. The molecule has 16 heavy (non-hydrogen) atoms. The van der Waals surface area contributed by atoms with E-state index in [2.05, 4.69) is 16.5 Å². The number of aromatic nitrogens is 2. The summed E-state index contributed by atoms with van der Waals surface area (Å²) < 4.78 is 2.23. The van der Waals surface area contributed by atoms with Crippen LogP contribution in [0.2, 0.25) is 0 Å². The van der Waals surface area contributed by atoms with Crippen molar-refractivity contribution in [3.05, 3.63) is 11.9 Å². The van der Waals surface area contributed by atoms with Crippen molar-refractivity contribution in [2.75, 3.05) is 5.75 Å². The molecule has 1 fully saturated rings. The summed E-state index contributed by atoms with van der Waals surface area (Å²) in [5, 5.41) is 9.55. The number of aryl methyl sites for hydroxylation is 1. The highest BCUT2D eigenvalue weighted by atomic mass is 32.2. The second-order valence-electron chi connectivity index (χ2n) is 4.02. The van der Waals surface area contributed by atoms with Crippen molar-refractivity contribution >= 4 is 17.7 Å². The van der Waals surface area contributed by atoms with Crippen molar-refractivity contribution in [3.63, 3.8) is 0 Å². The summed E-state index contributed by atoms with van der Waals surface area (Å²) in [6, 6.07) is 0.550. The monoisotopic (exact) mass is 240 g/mol. The summed E-state index contributed by atoms with van der Waals surface area (Å²) in [6.45, 7) is 2.11. The average molecular weight is 240 g/mol. The summed E-state index contributed by atoms with van der Waals surface area (Å²) >= 11 is 1.32. The Bertz CT molecular complexity index is 385. The molecular formula is C11H16N2O2S. The molecule has 1 saturated carbocycles. The van der Waals surface area contributed by atoms with Crippen LogP contribution in [0.1, 0.15) is 37.9 Å². The minimum Gasteiger partial charge on any atom is -0.481 e. The fourth-order valence-electron chi connectivity index (χ4n) is 1.91. The molecule has 0 spiro atoms. The van der Waals surface area contributed by atoms with E-state index < -0.39 is 5.97 Å². The molecule has 1 heterocycles. The topological polar surface area (TPSA) is 55.1 Å². The fraction of sp³-hybridized carbons (Fsp3) is 0.636. The lowest BCUT2D eigenvalue weighted by molar-refractivity contribution is -0.133. The zero-order valence-corrected chi connectivity index (χ0v) is 10.2. The first-order valence-corrected chi connectivity index (χ1v) is 6.61. The number of imidazole rings is 1. The Hall–Kier alpha value is -0.970. The molecule has 4 nitrogen and oxygen atoms in total. The van der Waals surface area contributed by atoms with Crippen LogP contribution in [0.15, 0.2) is 11.4 Å². The predicted molar refractivity (Wildman–Crippen MR) is 62.9 cm³/mol. The molecule has 1 aliphatic carbocycles. The van der Waals surface area contributed by atoms with Gasteiger partial charge >= 0.3 is 5.97 Å². The van der Waals surface area contributed by atoms with E-state index >= 15 is 0 Å². The number of nitrogens with zero attached hydrogens (tertiary/aromatic N) is 2. The van der Waals surface area contributed by atoms with Crippen LogP contribution in [0.3, 0.4) is 0 Å². The lowest BCUT2D eigenvalue weighted by Gasteiger charge is -2.29. The molecular weight excluding hydrogens is 224 g/mol. The van der Waals surface area contributed by atoms with E-state index in [1.165, 1.54) is 36.7 Å². The largest absolute Gasteiger partial charge is 0.481 e. The third kappa shape index (κ3) is 2.24. The smallest absolute Gasteiger partial charge is 0.313 e. The highest BCUT2D eigenvalue weighted by Crippen LogP contribution is 2.36. The molecule has 0 atom stereocenters. The minimum absolute atomic E-state index is 0.0902. The predicted octanol–water partition coefficient (Wildman–Crippen LogP) is 2.35. The van der Waals surface area contributed by atoms with Crippen LogP contribution >= 0.6 is 11.8 Å². The van der Waals surface area contributed by atoms with Gasteiger partial charge in [-0.05, 0) is 25.7 Å². The Kier molecular flexibility index (Phi) is 3.53. The molecule has 1 N–H and O–H groups in total. The van der Waals surface area contributed by atoms with E-state index in [1.807, 2.05) is 6.20 Å². The number of thioether (sulfide) groups is 1. The Morgan fingerprint density at radius 3 is 2.94 bits per heavy atom. The summed E-state index contributed by atoms with van der Waals surface area (Å²) in [6.07, 6.45) is 6.50. The maximum Gasteiger partial charge on any atom is 0.313 e. The number of hydrogen-bond donors (Lipinski definition) is 1. The van der Waals surface area contributed by atoms with Crippen LogP contribution in [0.25, 0.3) is 0 Å². The number of aliphatic carboxylic acids is 1. The summed E-state index contributed by atoms with van der Waals surface area (Å²) in [5.41, 5.74) is 1.22. The molecule has 1 aromatic rings. The van der Waals surface area contributed by atoms with Gasteiger partial charge in [-0.1, -0.05) is 18.7 Å². The SMILES string of the molecule is CCc1cnc(SCC(=O)O)n1C1CCC1. The van der Waals surface area contributed by atoms with Gasteiger partial charge in [-0.2, -0.15) is 0 Å². The van der Waals surface area contributed by atoms with Gasteiger partial charge in [0.1, 0.15) is 0 Å². The molecule has 2 rings (SSSR count). The second kappa shape index (κ2) is 4.91. The van der Waals surface area contributed by atoms with Crippen molar-refractivity contribution in [2.45, 2.75) is 43.8 Å². The van der Waals surface area contributed by atoms with E-state index in [9.17, 15) is 4.79 Å². The van der Waals surface area contributed by atoms with Gasteiger partial charge in [-0.25, -0.2) is 4.98 Å². The number of carboxylic acid groups (broad SMARTS) is 1. The average Bonchev–Trinajstić information content (AvgIpc) is 2.55. The van der Waals surface area contributed by atoms with Crippen molar-refractivity contribution in [1.82, 2.24) is 9.55 Å². The number of carbonyl (C=O) groups is 1. The fourth-order valence-corrected chi connectivity index (χ4v) is 2.69. The third-order valence-corrected chi connectivity index (χ3v) is 3.92. The van der Waals surface area contributed by atoms with Gasteiger partial charge in [0.15, 0.2) is 5.16 Å². The molecule has 0 amide bonds. The van der Waals surface area contributed by atoms with Crippen molar-refractivity contribution in [1.29, 1.82) is 0 Å². The van der Waals surface area contributed by atoms with Crippen LogP contribution in [0, 0.1) is 0 Å². The van der Waals surface area contributed by atoms with Crippen LogP contribution < -0.4 is 0 Å². The summed E-state index contributed by atoms with van der Waals surface area (Å²) in [4.78, 5) is 14.9. The normalized spacial score (nSPS) is 16.1. The third-order valence-electron chi connectivity index (χ3n) is 2.97. The molecule has 0 saturated heterocycles. The van der Waals surface area contributed by atoms with Crippen molar-refractivity contribution in [3.8, 4) is 0 Å². The van der Waals surface area contributed by atoms with Gasteiger partial charge in [0.25, 0.3) is 0 Å². The number of rotatable bonds is 5. The molecule has 88 valence electrons. The molecule has 0 aromatic carbocycles. The van der Waals surface area contributed by atoms with Gasteiger partial charge < -0.3 is 9.67 Å². The Morgan fingerprint density at radius 1 is 1.69 bits per heavy atom. The van der Waals surface area contributed by atoms with Crippen molar-refractivity contribution in [2.24, 2.45) is 0 Å². The van der Waals surface area contributed by atoms with E-state index in [4.69, 9.17) is 5.11 Å². The first-order valence-electron chi connectivity index (χ1n) is 5.63. The van der Waals surface area contributed by atoms with Crippen molar-refractivity contribution < 1.29 is 9.90 Å². The van der Waals surface area contributed by atoms with E-state index in [1.54, 1.807) is 0 Å². The highest BCUT2D eigenvalue weighted by molar-refractivity contribution is 7.99. The van der Waals surface area contributed by atoms with Gasteiger partial charge in [0.05, 0.1) is 5.75 Å². The Morgan fingerprint density at radius 2 is 2.44 bits per heavy atom. The van der Waals surface area contributed by atoms with E-state index in [0.717, 1.165) is 11.6 Å². The minimum atomic E-state index is -0.786. The lowest BCUT2D eigenvalue weighted by Crippen LogP contribution is -2.20. The standard InChI is InChI=1S/C11H16N2O2S/c1-2-8-6-12-11(16-7-10(14)15)13(8)9-4-3-5-9/h6,9H,2-5,7H2,1H3,(H,14,15). The quantitative estimate of drug-likeness (QED) is 0.803. The van der Waals surface area contributed by atoms with E-state index in [-0.39, 0.29) is 5.75 Å². The van der Waals surface area contributed by atoms with Crippen LogP contribution in [0.5, 0.6) is 0 Å². The first-order chi connectivity index (χ1) is 7.72. The molecule has 0 unspecified atom stereocenters. The summed E-state index contributed by atoms with van der Waals surface area (Å²) in [7, 11) is 0.